The molecule has 36 heavy (non-hydrogen) atoms. The van der Waals surface area contributed by atoms with Crippen LogP contribution >= 0.6 is 0 Å². The van der Waals surface area contributed by atoms with Gasteiger partial charge in [-0.25, -0.2) is 27.5 Å². The van der Waals surface area contributed by atoms with Crippen molar-refractivity contribution in [2.75, 3.05) is 25.5 Å². The Labute approximate surface area is 205 Å². The van der Waals surface area contributed by atoms with Crippen LogP contribution in [0.4, 0.5) is 10.3 Å². The Hall–Kier alpha value is -4.29. The maximum atomic E-state index is 13.1. The second-order valence-corrected chi connectivity index (χ2v) is 9.41. The van der Waals surface area contributed by atoms with Crippen LogP contribution in [0.2, 0.25) is 0 Å². The molecule has 2 N–H and O–H groups in total. The number of halogens is 1. The Balaban J connectivity index is 1.35. The number of anilines is 1. The molecule has 0 spiro atoms. The van der Waals surface area contributed by atoms with Gasteiger partial charge in [-0.1, -0.05) is 12.1 Å². The van der Waals surface area contributed by atoms with Gasteiger partial charge in [0.25, 0.3) is 0 Å². The van der Waals surface area contributed by atoms with E-state index in [0.29, 0.717) is 34.6 Å². The summed E-state index contributed by atoms with van der Waals surface area (Å²) in [5.74, 6) is 0.902. The van der Waals surface area contributed by atoms with Crippen molar-refractivity contribution in [2.24, 2.45) is 0 Å². The number of hydrogen-bond donors (Lipinski definition) is 2. The molecule has 10 nitrogen and oxygen atoms in total. The standard InChI is InChI=1S/C24H21FN6O4S/c1-34-18-4-2-3-16(15-18)21-22(31-13-14-35-24(31)30-21)20-9-10-26-23(29-20)27-11-12-28-36(32,33)19-7-5-17(25)6-8-19/h2-10,13-15,28H,11-12H2,1H3,(H,26,27,29). The fourth-order valence-electron chi connectivity index (χ4n) is 3.63. The predicted molar refractivity (Wildman–Crippen MR) is 131 cm³/mol. The third-order valence-corrected chi connectivity index (χ3v) is 6.80. The number of ether oxygens (including phenoxy) is 1. The van der Waals surface area contributed by atoms with E-state index in [1.165, 1.54) is 18.4 Å². The first-order chi connectivity index (χ1) is 17.4. The number of rotatable bonds is 9. The van der Waals surface area contributed by atoms with Crippen molar-refractivity contribution in [3.63, 3.8) is 0 Å². The molecule has 0 amide bonds. The first kappa shape index (κ1) is 23.5. The second-order valence-electron chi connectivity index (χ2n) is 7.64. The Bertz CT molecular complexity index is 1620. The lowest BCUT2D eigenvalue weighted by molar-refractivity contribution is 0.415. The molecule has 12 heteroatoms. The van der Waals surface area contributed by atoms with Gasteiger partial charge in [-0.2, -0.15) is 4.98 Å². The summed E-state index contributed by atoms with van der Waals surface area (Å²) < 4.78 is 52.9. The van der Waals surface area contributed by atoms with E-state index in [-0.39, 0.29) is 18.0 Å². The number of sulfonamides is 1. The number of oxazole rings is 1. The smallest absolute Gasteiger partial charge is 0.306 e. The van der Waals surface area contributed by atoms with Crippen molar-refractivity contribution in [3.05, 3.63) is 79.1 Å². The number of hydrogen-bond acceptors (Lipinski definition) is 8. The van der Waals surface area contributed by atoms with Gasteiger partial charge in [-0.3, -0.25) is 4.40 Å². The van der Waals surface area contributed by atoms with Gasteiger partial charge in [0.2, 0.25) is 16.0 Å². The molecule has 0 aliphatic carbocycles. The third kappa shape index (κ3) is 4.76. The quantitative estimate of drug-likeness (QED) is 0.290. The van der Waals surface area contributed by atoms with Crippen molar-refractivity contribution in [2.45, 2.75) is 4.90 Å². The van der Waals surface area contributed by atoms with E-state index in [1.807, 2.05) is 24.3 Å². The summed E-state index contributed by atoms with van der Waals surface area (Å²) >= 11 is 0. The van der Waals surface area contributed by atoms with Crippen molar-refractivity contribution in [3.8, 4) is 28.4 Å². The van der Waals surface area contributed by atoms with Crippen LogP contribution in [0.15, 0.2) is 82.6 Å². The molecule has 184 valence electrons. The average Bonchev–Trinajstić information content (AvgIpc) is 3.49. The zero-order chi connectivity index (χ0) is 25.1. The molecule has 3 heterocycles. The Morgan fingerprint density at radius 2 is 1.92 bits per heavy atom. The molecule has 0 saturated carbocycles. The molecule has 2 aromatic carbocycles. The summed E-state index contributed by atoms with van der Waals surface area (Å²) in [6.07, 6.45) is 4.89. The summed E-state index contributed by atoms with van der Waals surface area (Å²) in [6, 6.07) is 13.9. The number of aromatic nitrogens is 4. The molecule has 0 aliphatic heterocycles. The Morgan fingerprint density at radius 3 is 2.72 bits per heavy atom. The minimum Gasteiger partial charge on any atom is -0.497 e. The van der Waals surface area contributed by atoms with Crippen molar-refractivity contribution in [1.29, 1.82) is 0 Å². The maximum absolute atomic E-state index is 13.1. The van der Waals surface area contributed by atoms with Gasteiger partial charge in [-0.05, 0) is 42.5 Å². The zero-order valence-electron chi connectivity index (χ0n) is 19.1. The van der Waals surface area contributed by atoms with Crippen LogP contribution in [-0.2, 0) is 10.0 Å². The Kier molecular flexibility index (Phi) is 6.36. The fourth-order valence-corrected chi connectivity index (χ4v) is 4.67. The lowest BCUT2D eigenvalue weighted by Gasteiger charge is -2.09. The fraction of sp³-hybridized carbons (Fsp3) is 0.125. The van der Waals surface area contributed by atoms with Crippen LogP contribution in [0.5, 0.6) is 5.75 Å². The highest BCUT2D eigenvalue weighted by Crippen LogP contribution is 2.33. The minimum atomic E-state index is -3.76. The molecule has 3 aromatic heterocycles. The van der Waals surface area contributed by atoms with E-state index < -0.39 is 15.8 Å². The summed E-state index contributed by atoms with van der Waals surface area (Å²) in [4.78, 5) is 13.4. The zero-order valence-corrected chi connectivity index (χ0v) is 19.9. The number of nitrogens with zero attached hydrogens (tertiary/aromatic N) is 4. The van der Waals surface area contributed by atoms with Gasteiger partial charge >= 0.3 is 5.84 Å². The maximum Gasteiger partial charge on any atom is 0.306 e. The molecule has 0 bridgehead atoms. The van der Waals surface area contributed by atoms with Gasteiger partial charge in [-0.15, -0.1) is 0 Å². The molecular formula is C24H21FN6O4S. The lowest BCUT2D eigenvalue weighted by Crippen LogP contribution is -2.29. The molecular weight excluding hydrogens is 487 g/mol. The largest absolute Gasteiger partial charge is 0.497 e. The van der Waals surface area contributed by atoms with Gasteiger partial charge < -0.3 is 14.5 Å². The number of fused-ring (bicyclic) bond motifs is 1. The summed E-state index contributed by atoms with van der Waals surface area (Å²) in [7, 11) is -2.17. The van der Waals surface area contributed by atoms with Crippen molar-refractivity contribution in [1.82, 2.24) is 24.1 Å². The van der Waals surface area contributed by atoms with E-state index >= 15 is 0 Å². The molecule has 5 rings (SSSR count). The average molecular weight is 509 g/mol. The number of imidazole rings is 1. The van der Waals surface area contributed by atoms with Crippen LogP contribution < -0.4 is 14.8 Å². The van der Waals surface area contributed by atoms with E-state index in [2.05, 4.69) is 25.0 Å². The molecule has 0 saturated heterocycles. The SMILES string of the molecule is COc1cccc(-c2nc3occn3c2-c2ccnc(NCCNS(=O)(=O)c3ccc(F)cc3)n2)c1. The van der Waals surface area contributed by atoms with E-state index in [9.17, 15) is 12.8 Å². The molecule has 5 aromatic rings. The van der Waals surface area contributed by atoms with Gasteiger partial charge in [0.05, 0.1) is 17.7 Å². The Morgan fingerprint density at radius 1 is 1.08 bits per heavy atom. The number of nitrogens with one attached hydrogen (secondary N) is 2. The molecule has 0 fully saturated rings. The third-order valence-electron chi connectivity index (χ3n) is 5.33. The summed E-state index contributed by atoms with van der Waals surface area (Å²) in [6.45, 7) is 0.293. The van der Waals surface area contributed by atoms with Crippen LogP contribution in [-0.4, -0.2) is 48.0 Å². The minimum absolute atomic E-state index is 0.0166. The second kappa shape index (κ2) is 9.76. The number of methoxy groups -OCH3 is 1. The molecule has 0 aliphatic rings. The van der Waals surface area contributed by atoms with Crippen molar-refractivity contribution >= 4 is 21.8 Å². The molecule has 0 radical (unpaired) electrons. The number of benzene rings is 2. The first-order valence-electron chi connectivity index (χ1n) is 10.9. The van der Waals surface area contributed by atoms with Crippen molar-refractivity contribution < 1.29 is 22.0 Å². The van der Waals surface area contributed by atoms with E-state index in [4.69, 9.17) is 9.15 Å². The monoisotopic (exact) mass is 508 g/mol. The highest BCUT2D eigenvalue weighted by atomic mass is 32.2. The van der Waals surface area contributed by atoms with Gasteiger partial charge in [0.15, 0.2) is 0 Å². The summed E-state index contributed by atoms with van der Waals surface area (Å²) in [5, 5.41) is 3.02. The van der Waals surface area contributed by atoms with Gasteiger partial charge in [0.1, 0.15) is 29.2 Å². The highest BCUT2D eigenvalue weighted by Gasteiger charge is 2.20. The van der Waals surface area contributed by atoms with Crippen LogP contribution in [0, 0.1) is 5.82 Å². The molecule has 0 unspecified atom stereocenters. The van der Waals surface area contributed by atoms with E-state index in [1.54, 1.807) is 30.0 Å². The topological polar surface area (TPSA) is 124 Å². The van der Waals surface area contributed by atoms with E-state index in [0.717, 1.165) is 17.7 Å². The van der Waals surface area contributed by atoms with Gasteiger partial charge in [0, 0.05) is 31.0 Å². The van der Waals surface area contributed by atoms with Crippen LogP contribution in [0.25, 0.3) is 28.5 Å². The normalized spacial score (nSPS) is 11.6. The van der Waals surface area contributed by atoms with Crippen LogP contribution in [0.3, 0.4) is 0 Å². The first-order valence-corrected chi connectivity index (χ1v) is 12.4. The molecule has 0 atom stereocenters. The predicted octanol–water partition coefficient (Wildman–Crippen LogP) is 3.59. The highest BCUT2D eigenvalue weighted by molar-refractivity contribution is 7.89. The van der Waals surface area contributed by atoms with Crippen LogP contribution in [0.1, 0.15) is 0 Å². The lowest BCUT2D eigenvalue weighted by atomic mass is 10.1. The summed E-state index contributed by atoms with van der Waals surface area (Å²) in [5.41, 5.74) is 2.78.